The number of aryl methyl sites for hydroxylation is 1. The Hall–Kier alpha value is -4.03. The highest BCUT2D eigenvalue weighted by atomic mass is 32.2. The molecule has 0 unspecified atom stereocenters. The molecule has 2 N–H and O–H groups in total. The van der Waals surface area contributed by atoms with Crippen molar-refractivity contribution in [3.8, 4) is 17.0 Å². The van der Waals surface area contributed by atoms with Gasteiger partial charge in [-0.15, -0.1) is 0 Å². The molecule has 0 spiro atoms. The molecule has 0 bridgehead atoms. The minimum absolute atomic E-state index is 0.154. The fourth-order valence-electron chi connectivity index (χ4n) is 4.51. The van der Waals surface area contributed by atoms with E-state index in [9.17, 15) is 23.3 Å². The summed E-state index contributed by atoms with van der Waals surface area (Å²) in [6, 6.07) is 10.3. The van der Waals surface area contributed by atoms with Gasteiger partial charge in [0.15, 0.2) is 4.90 Å². The molecule has 2 amide bonds. The highest BCUT2D eigenvalue weighted by Gasteiger charge is 2.31. The van der Waals surface area contributed by atoms with E-state index in [1.54, 1.807) is 37.3 Å². The first-order chi connectivity index (χ1) is 17.6. The maximum atomic E-state index is 13.2. The molecular weight excluding hydrogens is 498 g/mol. The summed E-state index contributed by atoms with van der Waals surface area (Å²) in [5.74, 6) is 0.390. The van der Waals surface area contributed by atoms with E-state index in [-0.39, 0.29) is 12.1 Å². The minimum atomic E-state index is -4.57. The number of ether oxygens (including phenoxy) is 1. The van der Waals surface area contributed by atoms with Crippen LogP contribution in [-0.2, 0) is 29.4 Å². The monoisotopic (exact) mass is 525 g/mol. The summed E-state index contributed by atoms with van der Waals surface area (Å²) in [6.07, 6.45) is 4.04. The average Bonchev–Trinajstić information content (AvgIpc) is 3.32. The second kappa shape index (κ2) is 10.5. The summed E-state index contributed by atoms with van der Waals surface area (Å²) in [5.41, 5.74) is 3.51. The standard InChI is InChI=1S/C25H27N5O6S/c1-29(2)15-18-7-5-9-21(24(18)30(32)33)37(34,35)28-25(31)27-23-19-8-4-6-16(19)10-11-20(23)17-12-13-26-22(14-17)36-3/h5,7,9-14H,4,6,8,15H2,1-3H3,(H2,27,28,31). The minimum Gasteiger partial charge on any atom is -0.481 e. The third-order valence-corrected chi connectivity index (χ3v) is 7.41. The molecule has 2 aromatic carbocycles. The number of para-hydroxylation sites is 1. The molecule has 1 heterocycles. The van der Waals surface area contributed by atoms with E-state index in [1.165, 1.54) is 19.2 Å². The van der Waals surface area contributed by atoms with E-state index in [2.05, 4.69) is 10.3 Å². The number of hydrogen-bond donors (Lipinski definition) is 2. The zero-order valence-corrected chi connectivity index (χ0v) is 21.5. The van der Waals surface area contributed by atoms with Crippen molar-refractivity contribution in [2.24, 2.45) is 0 Å². The van der Waals surface area contributed by atoms with E-state index < -0.39 is 31.6 Å². The lowest BCUT2D eigenvalue weighted by atomic mass is 9.98. The number of rotatable bonds is 8. The van der Waals surface area contributed by atoms with Gasteiger partial charge in [0.2, 0.25) is 5.88 Å². The SMILES string of the molecule is COc1cc(-c2ccc3c(c2NC(=O)NS(=O)(=O)c2cccc(CN(C)C)c2[N+](=O)[O-])CCC3)ccn1. The predicted molar refractivity (Wildman–Crippen MR) is 138 cm³/mol. The summed E-state index contributed by atoms with van der Waals surface area (Å²) in [4.78, 5) is 29.3. The summed E-state index contributed by atoms with van der Waals surface area (Å²) in [7, 11) is 0.357. The van der Waals surface area contributed by atoms with E-state index in [1.807, 2.05) is 16.9 Å². The summed E-state index contributed by atoms with van der Waals surface area (Å²) in [5, 5.41) is 14.5. The summed E-state index contributed by atoms with van der Waals surface area (Å²) >= 11 is 0. The molecule has 4 rings (SSSR count). The Morgan fingerprint density at radius 3 is 2.68 bits per heavy atom. The molecule has 0 radical (unpaired) electrons. The molecule has 194 valence electrons. The number of carbonyl (C=O) groups is 1. The lowest BCUT2D eigenvalue weighted by molar-refractivity contribution is -0.388. The third-order valence-electron chi connectivity index (χ3n) is 6.04. The Balaban J connectivity index is 1.69. The number of urea groups is 1. The molecule has 1 aromatic heterocycles. The van der Waals surface area contributed by atoms with Crippen molar-refractivity contribution in [2.45, 2.75) is 30.7 Å². The summed E-state index contributed by atoms with van der Waals surface area (Å²) in [6.45, 7) is 0.154. The Labute approximate surface area is 214 Å². The van der Waals surface area contributed by atoms with Gasteiger partial charge in [-0.25, -0.2) is 22.9 Å². The largest absolute Gasteiger partial charge is 0.481 e. The molecule has 0 saturated carbocycles. The van der Waals surface area contributed by atoms with Gasteiger partial charge in [-0.1, -0.05) is 24.3 Å². The second-order valence-corrected chi connectivity index (χ2v) is 10.5. The first-order valence-corrected chi connectivity index (χ1v) is 13.0. The Morgan fingerprint density at radius 1 is 1.19 bits per heavy atom. The van der Waals surface area contributed by atoms with Crippen molar-refractivity contribution < 1.29 is 22.9 Å². The zero-order valence-electron chi connectivity index (χ0n) is 20.6. The molecule has 11 nitrogen and oxygen atoms in total. The van der Waals surface area contributed by atoms with Crippen LogP contribution in [0.3, 0.4) is 0 Å². The lowest BCUT2D eigenvalue weighted by Gasteiger charge is -2.17. The van der Waals surface area contributed by atoms with Crippen molar-refractivity contribution in [1.29, 1.82) is 0 Å². The van der Waals surface area contributed by atoms with E-state index >= 15 is 0 Å². The van der Waals surface area contributed by atoms with Crippen LogP contribution in [0.4, 0.5) is 16.2 Å². The van der Waals surface area contributed by atoms with Crippen molar-refractivity contribution >= 4 is 27.4 Å². The van der Waals surface area contributed by atoms with Gasteiger partial charge < -0.3 is 15.0 Å². The normalized spacial score (nSPS) is 12.8. The maximum absolute atomic E-state index is 13.2. The van der Waals surface area contributed by atoms with Crippen LogP contribution >= 0.6 is 0 Å². The zero-order chi connectivity index (χ0) is 26.7. The number of nitrogens with zero attached hydrogens (tertiary/aromatic N) is 3. The quantitative estimate of drug-likeness (QED) is 0.334. The molecule has 0 aliphatic heterocycles. The van der Waals surface area contributed by atoms with Crippen LogP contribution in [-0.4, -0.2) is 50.5 Å². The first-order valence-electron chi connectivity index (χ1n) is 11.5. The van der Waals surface area contributed by atoms with Gasteiger partial charge >= 0.3 is 6.03 Å². The van der Waals surface area contributed by atoms with Gasteiger partial charge in [0, 0.05) is 29.9 Å². The van der Waals surface area contributed by atoms with Gasteiger partial charge in [-0.2, -0.15) is 0 Å². The number of sulfonamides is 1. The van der Waals surface area contributed by atoms with Crippen LogP contribution in [0.5, 0.6) is 5.88 Å². The average molecular weight is 526 g/mol. The molecule has 0 fully saturated rings. The molecule has 1 aliphatic carbocycles. The molecule has 0 atom stereocenters. The first kappa shape index (κ1) is 26.0. The highest BCUT2D eigenvalue weighted by Crippen LogP contribution is 2.38. The molecular formula is C25H27N5O6S. The van der Waals surface area contributed by atoms with Crippen molar-refractivity contribution in [3.05, 3.63) is 75.5 Å². The van der Waals surface area contributed by atoms with Crippen molar-refractivity contribution in [3.63, 3.8) is 0 Å². The number of benzene rings is 2. The van der Waals surface area contributed by atoms with Crippen LogP contribution in [0.15, 0.2) is 53.6 Å². The molecule has 0 saturated heterocycles. The molecule has 37 heavy (non-hydrogen) atoms. The lowest BCUT2D eigenvalue weighted by Crippen LogP contribution is -2.35. The van der Waals surface area contributed by atoms with E-state index in [4.69, 9.17) is 4.74 Å². The van der Waals surface area contributed by atoms with Crippen LogP contribution in [0.25, 0.3) is 11.1 Å². The Morgan fingerprint density at radius 2 is 1.97 bits per heavy atom. The van der Waals surface area contributed by atoms with Crippen LogP contribution in [0.2, 0.25) is 0 Å². The van der Waals surface area contributed by atoms with Crippen molar-refractivity contribution in [1.82, 2.24) is 14.6 Å². The topological polar surface area (TPSA) is 144 Å². The predicted octanol–water partition coefficient (Wildman–Crippen LogP) is 3.73. The van der Waals surface area contributed by atoms with Gasteiger partial charge in [-0.05, 0) is 62.2 Å². The third kappa shape index (κ3) is 5.54. The van der Waals surface area contributed by atoms with Crippen LogP contribution in [0.1, 0.15) is 23.1 Å². The second-order valence-electron chi connectivity index (χ2n) is 8.88. The number of anilines is 1. The number of amides is 2. The number of nitrogens with one attached hydrogen (secondary N) is 2. The molecule has 1 aliphatic rings. The van der Waals surface area contributed by atoms with E-state index in [0.717, 1.165) is 35.6 Å². The van der Waals surface area contributed by atoms with Gasteiger partial charge in [0.1, 0.15) is 0 Å². The molecule has 12 heteroatoms. The number of carbonyl (C=O) groups excluding carboxylic acids is 1. The maximum Gasteiger partial charge on any atom is 0.333 e. The fourth-order valence-corrected chi connectivity index (χ4v) is 5.64. The number of nitro groups is 1. The fraction of sp³-hybridized carbons (Fsp3) is 0.280. The van der Waals surface area contributed by atoms with Gasteiger partial charge in [0.25, 0.3) is 15.7 Å². The van der Waals surface area contributed by atoms with Gasteiger partial charge in [0.05, 0.1) is 17.7 Å². The summed E-state index contributed by atoms with van der Waals surface area (Å²) < 4.78 is 33.5. The number of hydrogen-bond acceptors (Lipinski definition) is 8. The van der Waals surface area contributed by atoms with Crippen LogP contribution < -0.4 is 14.8 Å². The Bertz CT molecular complexity index is 1470. The smallest absolute Gasteiger partial charge is 0.333 e. The number of methoxy groups -OCH3 is 1. The number of pyridine rings is 1. The van der Waals surface area contributed by atoms with Crippen molar-refractivity contribution in [2.75, 3.05) is 26.5 Å². The number of aromatic nitrogens is 1. The highest BCUT2D eigenvalue weighted by molar-refractivity contribution is 7.90. The number of nitro benzene ring substituents is 1. The van der Waals surface area contributed by atoms with Crippen LogP contribution in [0, 0.1) is 10.1 Å². The Kier molecular flexibility index (Phi) is 7.41. The van der Waals surface area contributed by atoms with Gasteiger partial charge in [-0.3, -0.25) is 10.1 Å². The molecule has 3 aromatic rings. The number of fused-ring (bicyclic) bond motifs is 1. The van der Waals surface area contributed by atoms with E-state index in [0.29, 0.717) is 23.6 Å².